The quantitative estimate of drug-likeness (QED) is 0.155. The largest absolute Gasteiger partial charge is 0.333 e. The Morgan fingerprint density at radius 3 is 2.05 bits per heavy atom. The molecule has 0 saturated carbocycles. The van der Waals surface area contributed by atoms with E-state index in [-0.39, 0.29) is 31.2 Å². The van der Waals surface area contributed by atoms with Gasteiger partial charge in [-0.05, 0) is 105 Å². The van der Waals surface area contributed by atoms with Crippen molar-refractivity contribution in [1.29, 1.82) is 0 Å². The van der Waals surface area contributed by atoms with Crippen molar-refractivity contribution in [2.75, 3.05) is 0 Å². The number of nitrogens with zero attached hydrogens (tertiary/aromatic N) is 3. The number of hydrogen-bond acceptors (Lipinski definition) is 4. The minimum atomic E-state index is -2.18. The maximum Gasteiger partial charge on any atom is 0.0774 e. The number of hydrogen-bond donors (Lipinski definition) is 0. The monoisotopic (exact) mass is 1020 g/mol. The summed E-state index contributed by atoms with van der Waals surface area (Å²) in [5.74, 6) is 1.57. The summed E-state index contributed by atoms with van der Waals surface area (Å²) in [5.41, 5.74) is 11.1. The summed E-state index contributed by atoms with van der Waals surface area (Å²) in [6.07, 6.45) is 1.30. The Morgan fingerprint density at radius 2 is 1.32 bits per heavy atom. The van der Waals surface area contributed by atoms with Crippen molar-refractivity contribution in [2.24, 2.45) is 0 Å². The molecule has 6 heteroatoms. The van der Waals surface area contributed by atoms with Crippen molar-refractivity contribution in [3.8, 4) is 39.5 Å². The molecule has 4 aromatic heterocycles. The molecule has 0 atom stereocenters. The van der Waals surface area contributed by atoms with Crippen LogP contribution in [0, 0.1) is 25.8 Å². The normalized spacial score (nSPS) is 13.4. The van der Waals surface area contributed by atoms with Gasteiger partial charge in [-0.25, -0.2) is 0 Å². The second kappa shape index (κ2) is 17.2. The molecule has 1 radical (unpaired) electrons. The molecule has 0 aliphatic rings. The van der Waals surface area contributed by atoms with Crippen LogP contribution in [0.4, 0.5) is 0 Å². The Bertz CT molecular complexity index is 3520. The van der Waals surface area contributed by atoms with Gasteiger partial charge in [-0.3, -0.25) is 4.98 Å². The predicted octanol–water partition coefficient (Wildman–Crippen LogP) is 16.3. The van der Waals surface area contributed by atoms with Gasteiger partial charge in [0.15, 0.2) is 0 Å². The molecule has 0 unspecified atom stereocenters. The summed E-state index contributed by atoms with van der Waals surface area (Å²) in [6, 6.07) is 56.2. The zero-order valence-corrected chi connectivity index (χ0v) is 38.6. The second-order valence-corrected chi connectivity index (χ2v) is 18.1. The molecule has 0 bridgehead atoms. The van der Waals surface area contributed by atoms with Crippen LogP contribution in [-0.4, -0.2) is 14.5 Å². The molecule has 0 fully saturated rings. The Kier molecular flexibility index (Phi) is 9.65. The number of thiophene rings is 2. The summed E-state index contributed by atoms with van der Waals surface area (Å²) in [6.45, 7) is 4.90. The molecule has 62 heavy (non-hydrogen) atoms. The van der Waals surface area contributed by atoms with Gasteiger partial charge < -0.3 is 9.55 Å². The van der Waals surface area contributed by atoms with E-state index in [2.05, 4.69) is 165 Å². The molecule has 0 aliphatic heterocycles. The molecular formula is C56H45IrN3S2-2. The first-order chi connectivity index (χ1) is 32.1. The number of para-hydroxylation sites is 2. The van der Waals surface area contributed by atoms with Gasteiger partial charge >= 0.3 is 0 Å². The van der Waals surface area contributed by atoms with Crippen LogP contribution >= 0.6 is 22.7 Å². The molecule has 11 aromatic rings. The smallest absolute Gasteiger partial charge is 0.0774 e. The van der Waals surface area contributed by atoms with Crippen molar-refractivity contribution in [3.05, 3.63) is 186 Å². The number of aromatic nitrogens is 3. The van der Waals surface area contributed by atoms with Crippen LogP contribution in [0.1, 0.15) is 70.0 Å². The molecule has 0 saturated heterocycles. The molecule has 0 spiro atoms. The SMILES string of the molecule is CC(C)c1cc(-c2ccccc2)cc(C(C)C)c1-n1c(-c2[c-]ccc3c2sc2cc4sc5ccccc5c4cc23)nc2ccccc21.[2H]C([2H])([2H])c1c[c-]c(-c2ccc(C([2H])([2H])[2H])cn2)cc1.[Ir]. The van der Waals surface area contributed by atoms with E-state index in [0.717, 1.165) is 22.4 Å². The maximum absolute atomic E-state index is 7.28. The fraction of sp³-hybridized carbons (Fsp3) is 0.143. The van der Waals surface area contributed by atoms with Crippen LogP contribution in [-0.2, 0) is 20.1 Å². The van der Waals surface area contributed by atoms with Crippen LogP contribution in [0.3, 0.4) is 0 Å². The molecule has 4 heterocycles. The van der Waals surface area contributed by atoms with E-state index in [9.17, 15) is 0 Å². The Hall–Kier alpha value is -5.75. The number of pyridine rings is 1. The maximum atomic E-state index is 7.28. The number of benzene rings is 7. The van der Waals surface area contributed by atoms with Crippen LogP contribution in [0.5, 0.6) is 0 Å². The number of imidazole rings is 1. The van der Waals surface area contributed by atoms with Crippen LogP contribution in [0.25, 0.3) is 90.8 Å². The van der Waals surface area contributed by atoms with Crippen molar-refractivity contribution >= 4 is 74.1 Å². The van der Waals surface area contributed by atoms with Gasteiger partial charge in [0.25, 0.3) is 0 Å². The van der Waals surface area contributed by atoms with E-state index in [1.165, 1.54) is 92.7 Å². The zero-order chi connectivity index (χ0) is 46.8. The third-order valence-corrected chi connectivity index (χ3v) is 13.6. The Balaban J connectivity index is 0.000000232. The first kappa shape index (κ1) is 34.8. The van der Waals surface area contributed by atoms with Crippen molar-refractivity contribution in [3.63, 3.8) is 0 Å². The molecule has 0 amide bonds. The topological polar surface area (TPSA) is 30.7 Å². The summed E-state index contributed by atoms with van der Waals surface area (Å²) in [5, 5.41) is 5.24. The van der Waals surface area contributed by atoms with Crippen LogP contribution in [0.2, 0.25) is 0 Å². The number of aryl methyl sites for hydroxylation is 2. The average Bonchev–Trinajstić information content (AvgIpc) is 4.01. The van der Waals surface area contributed by atoms with Gasteiger partial charge in [0.05, 0.1) is 16.9 Å². The number of fused-ring (bicyclic) bond motifs is 7. The van der Waals surface area contributed by atoms with Crippen molar-refractivity contribution < 1.29 is 28.3 Å². The van der Waals surface area contributed by atoms with Crippen LogP contribution in [0.15, 0.2) is 152 Å². The summed E-state index contributed by atoms with van der Waals surface area (Å²) >= 11 is 3.74. The fourth-order valence-corrected chi connectivity index (χ4v) is 10.7. The number of rotatable bonds is 6. The van der Waals surface area contributed by atoms with Gasteiger partial charge in [-0.1, -0.05) is 118 Å². The van der Waals surface area contributed by atoms with E-state index in [4.69, 9.17) is 13.2 Å². The van der Waals surface area contributed by atoms with E-state index < -0.39 is 13.7 Å². The predicted molar refractivity (Wildman–Crippen MR) is 263 cm³/mol. The average molecular weight is 1020 g/mol. The summed E-state index contributed by atoms with van der Waals surface area (Å²) < 4.78 is 51.3. The van der Waals surface area contributed by atoms with E-state index >= 15 is 0 Å². The molecule has 0 N–H and O–H groups in total. The van der Waals surface area contributed by atoms with Gasteiger partial charge in [-0.15, -0.1) is 64.9 Å². The fourth-order valence-electron chi connectivity index (χ4n) is 8.30. The van der Waals surface area contributed by atoms with E-state index in [1.807, 2.05) is 22.7 Å². The molecule has 7 aromatic carbocycles. The standard InChI is InChI=1S/C43H33N2S2.C13H12N.Ir/c1-25(2)32-21-28(27-13-6-5-7-14-27)22-33(26(3)4)41(32)45-37-19-10-9-18-36(37)44-43(45)31-17-12-16-30-35-23-34-29-15-8-11-20-38(29)46-39(34)24-40(35)47-42(30)31;1-10-3-6-12(7-4-10)13-8-5-11(2)9-14-13;/h5-16,18-26H,1-4H3;3-6,8-9H,1-2H3;/q2*-1;/i;1D3,2D3;. The minimum absolute atomic E-state index is 0. The van der Waals surface area contributed by atoms with Crippen molar-refractivity contribution in [1.82, 2.24) is 14.5 Å². The van der Waals surface area contributed by atoms with Gasteiger partial charge in [0.2, 0.25) is 0 Å². The Morgan fingerprint density at radius 1 is 0.613 bits per heavy atom. The summed E-state index contributed by atoms with van der Waals surface area (Å²) in [7, 11) is 0. The first-order valence-corrected chi connectivity index (χ1v) is 22.2. The van der Waals surface area contributed by atoms with E-state index in [0.29, 0.717) is 23.1 Å². The third-order valence-electron chi connectivity index (χ3n) is 11.3. The molecule has 0 aliphatic carbocycles. The van der Waals surface area contributed by atoms with Gasteiger partial charge in [0, 0.05) is 65.1 Å². The molecule has 11 rings (SSSR count). The molecular weight excluding hydrogens is 971 g/mol. The molecule has 3 nitrogen and oxygen atoms in total. The van der Waals surface area contributed by atoms with Crippen LogP contribution < -0.4 is 0 Å². The van der Waals surface area contributed by atoms with E-state index in [1.54, 1.807) is 12.1 Å². The van der Waals surface area contributed by atoms with Gasteiger partial charge in [0.1, 0.15) is 0 Å². The first-order valence-electron chi connectivity index (χ1n) is 23.5. The van der Waals surface area contributed by atoms with Gasteiger partial charge in [-0.2, -0.15) is 11.3 Å². The Labute approximate surface area is 393 Å². The third kappa shape index (κ3) is 7.60. The summed E-state index contributed by atoms with van der Waals surface area (Å²) in [4.78, 5) is 9.46. The zero-order valence-electron chi connectivity index (χ0n) is 40.6. The minimum Gasteiger partial charge on any atom is -0.333 e. The molecule has 307 valence electrons. The van der Waals surface area contributed by atoms with Crippen molar-refractivity contribution in [2.45, 2.75) is 53.2 Å². The second-order valence-electron chi connectivity index (χ2n) is 16.0.